The van der Waals surface area contributed by atoms with Gasteiger partial charge in [-0.05, 0) is 55.8 Å². The maximum absolute atomic E-state index is 13.4. The van der Waals surface area contributed by atoms with E-state index in [4.69, 9.17) is 0 Å². The van der Waals surface area contributed by atoms with E-state index in [0.29, 0.717) is 17.9 Å². The number of nitrogens with one attached hydrogen (secondary N) is 4. The van der Waals surface area contributed by atoms with E-state index in [-0.39, 0.29) is 16.9 Å². The molecule has 3 aromatic rings. The van der Waals surface area contributed by atoms with Crippen molar-refractivity contribution in [1.82, 2.24) is 20.6 Å². The lowest BCUT2D eigenvalue weighted by molar-refractivity contribution is 0.0915. The van der Waals surface area contributed by atoms with Crippen LogP contribution < -0.4 is 16.0 Å². The number of hydrogen-bond acceptors (Lipinski definition) is 4. The van der Waals surface area contributed by atoms with Crippen LogP contribution >= 0.6 is 0 Å². The van der Waals surface area contributed by atoms with E-state index in [1.54, 1.807) is 12.3 Å². The van der Waals surface area contributed by atoms with Crippen LogP contribution in [-0.2, 0) is 5.41 Å². The molecule has 1 spiro atoms. The predicted molar refractivity (Wildman–Crippen MR) is 114 cm³/mol. The highest BCUT2D eigenvalue weighted by Gasteiger charge is 2.42. The van der Waals surface area contributed by atoms with Crippen LogP contribution in [0.2, 0.25) is 0 Å². The minimum atomic E-state index is -0.476. The van der Waals surface area contributed by atoms with Gasteiger partial charge in [0, 0.05) is 47.2 Å². The first-order chi connectivity index (χ1) is 15.0. The molecule has 5 rings (SSSR count). The summed E-state index contributed by atoms with van der Waals surface area (Å²) in [5.41, 5.74) is 3.28. The first kappa shape index (κ1) is 19.4. The molecule has 4 heterocycles. The molecule has 2 amide bonds. The summed E-state index contributed by atoms with van der Waals surface area (Å²) in [6, 6.07) is 10.9. The van der Waals surface area contributed by atoms with Gasteiger partial charge in [0.2, 0.25) is 0 Å². The number of benzene rings is 1. The Morgan fingerprint density at radius 3 is 2.87 bits per heavy atom. The summed E-state index contributed by atoms with van der Waals surface area (Å²) in [7, 11) is 0. The Hall–Kier alpha value is -3.52. The molecule has 0 aliphatic carbocycles. The number of H-pyrrole nitrogens is 1. The van der Waals surface area contributed by atoms with Crippen molar-refractivity contribution in [2.45, 2.75) is 18.3 Å². The molecule has 0 saturated carbocycles. The van der Waals surface area contributed by atoms with Gasteiger partial charge in [-0.25, -0.2) is 9.37 Å². The van der Waals surface area contributed by atoms with Crippen LogP contribution in [0, 0.1) is 5.82 Å². The maximum atomic E-state index is 13.4. The van der Waals surface area contributed by atoms with E-state index in [0.717, 1.165) is 42.9 Å². The third-order valence-electron chi connectivity index (χ3n) is 6.05. The number of pyridine rings is 1. The quantitative estimate of drug-likeness (QED) is 0.525. The lowest BCUT2D eigenvalue weighted by Crippen LogP contribution is -2.54. The smallest absolute Gasteiger partial charge is 0.256 e. The summed E-state index contributed by atoms with van der Waals surface area (Å²) < 4.78 is 13.4. The molecule has 1 atom stereocenters. The van der Waals surface area contributed by atoms with Crippen LogP contribution in [0.15, 0.2) is 48.7 Å². The molecule has 2 aromatic heterocycles. The van der Waals surface area contributed by atoms with E-state index >= 15 is 0 Å². The van der Waals surface area contributed by atoms with Gasteiger partial charge >= 0.3 is 0 Å². The number of rotatable bonds is 3. The van der Waals surface area contributed by atoms with E-state index in [1.807, 2.05) is 12.1 Å². The average molecular weight is 419 g/mol. The molecule has 1 fully saturated rings. The number of anilines is 1. The first-order valence-electron chi connectivity index (χ1n) is 10.3. The van der Waals surface area contributed by atoms with Crippen LogP contribution in [0.4, 0.5) is 10.2 Å². The average Bonchev–Trinajstić information content (AvgIpc) is 3.25. The number of carbonyl (C=O) groups is 2. The predicted octanol–water partition coefficient (Wildman–Crippen LogP) is 2.83. The largest absolute Gasteiger partial charge is 0.357 e. The highest BCUT2D eigenvalue weighted by atomic mass is 19.1. The fraction of sp³-hybridized carbons (Fsp3) is 0.261. The van der Waals surface area contributed by atoms with Crippen molar-refractivity contribution in [3.05, 3.63) is 71.3 Å². The zero-order valence-electron chi connectivity index (χ0n) is 16.8. The van der Waals surface area contributed by atoms with Crippen molar-refractivity contribution in [1.29, 1.82) is 0 Å². The molecule has 158 valence electrons. The Balaban J connectivity index is 1.45. The van der Waals surface area contributed by atoms with Crippen molar-refractivity contribution in [3.63, 3.8) is 0 Å². The molecular formula is C23H22FN5O2. The number of hydrogen-bond donors (Lipinski definition) is 4. The fourth-order valence-electron chi connectivity index (χ4n) is 4.46. The lowest BCUT2D eigenvalue weighted by atomic mass is 9.74. The molecule has 8 heteroatoms. The van der Waals surface area contributed by atoms with Gasteiger partial charge in [0.05, 0.1) is 5.56 Å². The van der Waals surface area contributed by atoms with Gasteiger partial charge in [0.15, 0.2) is 0 Å². The van der Waals surface area contributed by atoms with Gasteiger partial charge in [-0.15, -0.1) is 0 Å². The second kappa shape index (κ2) is 7.63. The van der Waals surface area contributed by atoms with Crippen LogP contribution in [0.5, 0.6) is 0 Å². The van der Waals surface area contributed by atoms with Gasteiger partial charge in [0.25, 0.3) is 11.8 Å². The molecule has 31 heavy (non-hydrogen) atoms. The number of aromatic amines is 1. The van der Waals surface area contributed by atoms with Gasteiger partial charge in [-0.3, -0.25) is 9.59 Å². The molecule has 4 N–H and O–H groups in total. The summed E-state index contributed by atoms with van der Waals surface area (Å²) in [5, 5.41) is 9.17. The number of nitrogens with zero attached hydrogens (tertiary/aromatic N) is 1. The zero-order chi connectivity index (χ0) is 21.4. The van der Waals surface area contributed by atoms with Crippen LogP contribution in [-0.4, -0.2) is 41.4 Å². The first-order valence-corrected chi connectivity index (χ1v) is 10.3. The highest BCUT2D eigenvalue weighted by molar-refractivity contribution is 6.04. The third kappa shape index (κ3) is 3.59. The molecular weight excluding hydrogens is 397 g/mol. The Kier molecular flexibility index (Phi) is 4.78. The topological polar surface area (TPSA) is 98.9 Å². The minimum Gasteiger partial charge on any atom is -0.357 e. The minimum absolute atomic E-state index is 0.0811. The molecule has 1 saturated heterocycles. The number of piperidine rings is 1. The van der Waals surface area contributed by atoms with Crippen molar-refractivity contribution in [3.8, 4) is 11.3 Å². The number of aromatic nitrogens is 2. The van der Waals surface area contributed by atoms with E-state index in [1.165, 1.54) is 24.3 Å². The molecule has 0 bridgehead atoms. The van der Waals surface area contributed by atoms with Gasteiger partial charge < -0.3 is 20.9 Å². The van der Waals surface area contributed by atoms with Crippen LogP contribution in [0.25, 0.3) is 11.3 Å². The summed E-state index contributed by atoms with van der Waals surface area (Å²) in [4.78, 5) is 32.6. The van der Waals surface area contributed by atoms with Gasteiger partial charge in [-0.1, -0.05) is 6.07 Å². The molecule has 7 nitrogen and oxygen atoms in total. The molecule has 0 radical (unpaired) electrons. The fourth-order valence-corrected chi connectivity index (χ4v) is 4.46. The monoisotopic (exact) mass is 419 g/mol. The zero-order valence-corrected chi connectivity index (χ0v) is 16.8. The van der Waals surface area contributed by atoms with E-state index in [2.05, 4.69) is 25.9 Å². The number of fused-ring (bicyclic) bond motifs is 2. The molecule has 2 aliphatic rings. The summed E-state index contributed by atoms with van der Waals surface area (Å²) in [6.07, 6.45) is 3.64. The third-order valence-corrected chi connectivity index (χ3v) is 6.05. The van der Waals surface area contributed by atoms with Crippen molar-refractivity contribution >= 4 is 17.6 Å². The van der Waals surface area contributed by atoms with Crippen molar-refractivity contribution in [2.24, 2.45) is 0 Å². The normalized spacial score (nSPS) is 20.2. The molecule has 1 aromatic carbocycles. The SMILES string of the molecule is O=C(Nc1cc(-c2cc3c([nH]2)C2(CCCNC2)CNC3=O)ccn1)c1cccc(F)c1. The number of carbonyl (C=O) groups excluding carboxylic acids is 2. The Morgan fingerprint density at radius 2 is 2.06 bits per heavy atom. The summed E-state index contributed by atoms with van der Waals surface area (Å²) >= 11 is 0. The van der Waals surface area contributed by atoms with Crippen LogP contribution in [0.3, 0.4) is 0 Å². The van der Waals surface area contributed by atoms with Crippen LogP contribution in [0.1, 0.15) is 39.3 Å². The van der Waals surface area contributed by atoms with Crippen molar-refractivity contribution in [2.75, 3.05) is 25.0 Å². The summed E-state index contributed by atoms with van der Waals surface area (Å²) in [5.74, 6) is -0.655. The molecule has 1 unspecified atom stereocenters. The second-order valence-electron chi connectivity index (χ2n) is 8.11. The standard InChI is InChI=1S/C23H22FN5O2/c24-16-4-1-3-15(9-16)21(30)29-19-10-14(5-8-26-19)18-11-17-20(28-18)23(13-27-22(17)31)6-2-7-25-12-23/h1,3-5,8-11,25,28H,2,6-7,12-13H2,(H,27,31)(H,26,29,30). The lowest BCUT2D eigenvalue weighted by Gasteiger charge is -2.40. The molecule has 2 aliphatic heterocycles. The van der Waals surface area contributed by atoms with Crippen molar-refractivity contribution < 1.29 is 14.0 Å². The highest BCUT2D eigenvalue weighted by Crippen LogP contribution is 2.37. The Labute approximate surface area is 178 Å². The number of amides is 2. The maximum Gasteiger partial charge on any atom is 0.256 e. The number of halogens is 1. The summed E-state index contributed by atoms with van der Waals surface area (Å²) in [6.45, 7) is 2.40. The Bertz CT molecular complexity index is 1170. The van der Waals surface area contributed by atoms with Gasteiger partial charge in [0.1, 0.15) is 11.6 Å². The second-order valence-corrected chi connectivity index (χ2v) is 8.11. The Morgan fingerprint density at radius 1 is 1.16 bits per heavy atom. The van der Waals surface area contributed by atoms with E-state index < -0.39 is 11.7 Å². The van der Waals surface area contributed by atoms with Gasteiger partial charge in [-0.2, -0.15) is 0 Å². The van der Waals surface area contributed by atoms with E-state index in [9.17, 15) is 14.0 Å².